The maximum absolute atomic E-state index is 13.3. The molecular weight excluding hydrogens is 432 g/mol. The first-order valence-electron chi connectivity index (χ1n) is 10.4. The van der Waals surface area contributed by atoms with Crippen molar-refractivity contribution in [3.63, 3.8) is 0 Å². The first-order valence-corrected chi connectivity index (χ1v) is 11.2. The number of piperidine rings is 1. The highest BCUT2D eigenvalue weighted by Crippen LogP contribution is 2.39. The van der Waals surface area contributed by atoms with Crippen molar-refractivity contribution in [3.8, 4) is 0 Å². The van der Waals surface area contributed by atoms with E-state index in [1.54, 1.807) is 6.08 Å². The lowest BCUT2D eigenvalue weighted by atomic mass is 9.70. The number of hydrogen-bond donors (Lipinski definition) is 1. The average molecular weight is 463 g/mol. The van der Waals surface area contributed by atoms with Crippen LogP contribution in [0.25, 0.3) is 0 Å². The van der Waals surface area contributed by atoms with Crippen LogP contribution in [0.15, 0.2) is 41.4 Å². The summed E-state index contributed by atoms with van der Waals surface area (Å²) in [5.41, 5.74) is 0.0757. The Kier molecular flexibility index (Phi) is 6.72. The summed E-state index contributed by atoms with van der Waals surface area (Å²) in [6.45, 7) is 10.3. The molecule has 0 radical (unpaired) electrons. The molecule has 5 nitrogen and oxygen atoms in total. The van der Waals surface area contributed by atoms with Crippen LogP contribution < -0.4 is 5.32 Å². The fourth-order valence-electron chi connectivity index (χ4n) is 4.64. The van der Waals surface area contributed by atoms with Gasteiger partial charge in [0.2, 0.25) is 0 Å². The summed E-state index contributed by atoms with van der Waals surface area (Å²) in [5, 5.41) is 3.09. The van der Waals surface area contributed by atoms with Gasteiger partial charge in [0.05, 0.1) is 12.1 Å². The van der Waals surface area contributed by atoms with Gasteiger partial charge in [-0.05, 0) is 69.7 Å². The van der Waals surface area contributed by atoms with Crippen molar-refractivity contribution in [2.24, 2.45) is 11.8 Å². The molecule has 0 spiro atoms. The van der Waals surface area contributed by atoms with Crippen LogP contribution >= 0.6 is 15.9 Å². The number of hydrogen-bond acceptors (Lipinski definition) is 3. The van der Waals surface area contributed by atoms with Crippen LogP contribution in [-0.4, -0.2) is 41.1 Å². The molecule has 29 heavy (non-hydrogen) atoms. The average Bonchev–Trinajstić information content (AvgIpc) is 2.66. The first kappa shape index (κ1) is 21.9. The SMILES string of the molecule is C=C[C@@H]1[C@H](NC(=O)OC(C)(C)C)[C@H]2CCCC[C@@H]2CN1C(=O)c1ccc(Br)cc1. The number of nitrogens with zero attached hydrogens (tertiary/aromatic N) is 1. The number of fused-ring (bicyclic) bond motifs is 1. The Morgan fingerprint density at radius 3 is 2.48 bits per heavy atom. The summed E-state index contributed by atoms with van der Waals surface area (Å²) < 4.78 is 6.45. The van der Waals surface area contributed by atoms with E-state index in [9.17, 15) is 9.59 Å². The highest BCUT2D eigenvalue weighted by atomic mass is 79.9. The Balaban J connectivity index is 1.87. The second kappa shape index (κ2) is 8.90. The lowest BCUT2D eigenvalue weighted by molar-refractivity contribution is 0.00973. The number of carbonyl (C=O) groups is 2. The summed E-state index contributed by atoms with van der Waals surface area (Å²) in [7, 11) is 0. The molecule has 1 aromatic carbocycles. The minimum absolute atomic E-state index is 0.0255. The molecule has 1 saturated heterocycles. The second-order valence-corrected chi connectivity index (χ2v) is 9.99. The monoisotopic (exact) mass is 462 g/mol. The summed E-state index contributed by atoms with van der Waals surface area (Å²) in [5.74, 6) is 0.676. The molecule has 158 valence electrons. The normalized spacial score (nSPS) is 27.0. The highest BCUT2D eigenvalue weighted by Gasteiger charge is 2.45. The molecule has 1 aliphatic carbocycles. The molecule has 0 unspecified atom stereocenters. The Labute approximate surface area is 182 Å². The predicted molar refractivity (Wildman–Crippen MR) is 118 cm³/mol. The van der Waals surface area contributed by atoms with Crippen LogP contribution in [-0.2, 0) is 4.74 Å². The molecule has 4 atom stereocenters. The van der Waals surface area contributed by atoms with Gasteiger partial charge in [-0.25, -0.2) is 4.79 Å². The summed E-state index contributed by atoms with van der Waals surface area (Å²) in [6.07, 6.45) is 5.80. The van der Waals surface area contributed by atoms with Crippen molar-refractivity contribution < 1.29 is 14.3 Å². The largest absolute Gasteiger partial charge is 0.444 e. The van der Waals surface area contributed by atoms with E-state index >= 15 is 0 Å². The zero-order valence-electron chi connectivity index (χ0n) is 17.5. The first-order chi connectivity index (χ1) is 13.7. The quantitative estimate of drug-likeness (QED) is 0.630. The van der Waals surface area contributed by atoms with E-state index < -0.39 is 11.7 Å². The van der Waals surface area contributed by atoms with Crippen molar-refractivity contribution in [1.29, 1.82) is 0 Å². The maximum atomic E-state index is 13.3. The highest BCUT2D eigenvalue weighted by molar-refractivity contribution is 9.10. The van der Waals surface area contributed by atoms with E-state index in [2.05, 4.69) is 27.8 Å². The lowest BCUT2D eigenvalue weighted by Gasteiger charge is -2.50. The molecule has 2 fully saturated rings. The Morgan fingerprint density at radius 2 is 1.86 bits per heavy atom. The number of carbonyl (C=O) groups excluding carboxylic acids is 2. The van der Waals surface area contributed by atoms with Crippen LogP contribution in [0, 0.1) is 11.8 Å². The zero-order valence-corrected chi connectivity index (χ0v) is 19.1. The van der Waals surface area contributed by atoms with Crippen molar-refractivity contribution in [3.05, 3.63) is 47.0 Å². The number of alkyl carbamates (subject to hydrolysis) is 1. The molecule has 0 aromatic heterocycles. The Hall–Kier alpha value is -1.82. The van der Waals surface area contributed by atoms with Gasteiger partial charge >= 0.3 is 6.09 Å². The minimum Gasteiger partial charge on any atom is -0.444 e. The molecule has 3 rings (SSSR count). The minimum atomic E-state index is -0.568. The molecule has 1 heterocycles. The molecule has 1 N–H and O–H groups in total. The third-order valence-corrected chi connectivity index (χ3v) is 6.39. The van der Waals surface area contributed by atoms with Crippen LogP contribution in [0.1, 0.15) is 56.8 Å². The fourth-order valence-corrected chi connectivity index (χ4v) is 4.91. The smallest absolute Gasteiger partial charge is 0.407 e. The summed E-state index contributed by atoms with van der Waals surface area (Å²) >= 11 is 3.42. The number of amides is 2. The van der Waals surface area contributed by atoms with Gasteiger partial charge in [0.15, 0.2) is 0 Å². The number of nitrogens with one attached hydrogen (secondary N) is 1. The standard InChI is InChI=1S/C23H31BrN2O3/c1-5-19-20(25-22(28)29-23(2,3)4)18-9-7-6-8-16(18)14-26(19)21(27)15-10-12-17(24)13-11-15/h5,10-13,16,18-20H,1,6-9,14H2,2-4H3,(H,25,28)/t16-,18+,19-,20-/m1/s1. The molecule has 1 aromatic rings. The van der Waals surface area contributed by atoms with Gasteiger partial charge in [0.25, 0.3) is 5.91 Å². The van der Waals surface area contributed by atoms with Crippen LogP contribution in [0.4, 0.5) is 4.79 Å². The molecular formula is C23H31BrN2O3. The third-order valence-electron chi connectivity index (χ3n) is 5.87. The van der Waals surface area contributed by atoms with Gasteiger partial charge in [-0.1, -0.05) is 34.8 Å². The summed E-state index contributed by atoms with van der Waals surface area (Å²) in [6, 6.07) is 6.95. The van der Waals surface area contributed by atoms with Gasteiger partial charge in [-0.3, -0.25) is 4.79 Å². The van der Waals surface area contributed by atoms with Crippen LogP contribution in [0.3, 0.4) is 0 Å². The number of ether oxygens (including phenoxy) is 1. The van der Waals surface area contributed by atoms with Gasteiger partial charge in [0, 0.05) is 16.6 Å². The van der Waals surface area contributed by atoms with Crippen LogP contribution in [0.2, 0.25) is 0 Å². The van der Waals surface area contributed by atoms with E-state index in [1.807, 2.05) is 49.9 Å². The molecule has 2 aliphatic rings. The van der Waals surface area contributed by atoms with E-state index in [-0.39, 0.29) is 18.0 Å². The van der Waals surface area contributed by atoms with Gasteiger partial charge in [0.1, 0.15) is 5.60 Å². The molecule has 0 bridgehead atoms. The lowest BCUT2D eigenvalue weighted by Crippen LogP contribution is -2.63. The Bertz CT molecular complexity index is 756. The van der Waals surface area contributed by atoms with Gasteiger partial charge in [-0.2, -0.15) is 0 Å². The molecule has 6 heteroatoms. The zero-order chi connectivity index (χ0) is 21.2. The molecule has 1 saturated carbocycles. The van der Waals surface area contributed by atoms with E-state index in [1.165, 1.54) is 6.42 Å². The number of likely N-dealkylation sites (tertiary alicyclic amines) is 1. The van der Waals surface area contributed by atoms with Crippen LogP contribution in [0.5, 0.6) is 0 Å². The number of rotatable bonds is 3. The maximum Gasteiger partial charge on any atom is 0.407 e. The van der Waals surface area contributed by atoms with E-state index in [0.29, 0.717) is 23.9 Å². The molecule has 1 aliphatic heterocycles. The molecule has 2 amide bonds. The Morgan fingerprint density at radius 1 is 1.21 bits per heavy atom. The van der Waals surface area contributed by atoms with Gasteiger partial charge in [-0.15, -0.1) is 6.58 Å². The fraction of sp³-hybridized carbons (Fsp3) is 0.565. The van der Waals surface area contributed by atoms with Crippen molar-refractivity contribution in [2.75, 3.05) is 6.54 Å². The van der Waals surface area contributed by atoms with Crippen molar-refractivity contribution in [2.45, 2.75) is 64.1 Å². The van der Waals surface area contributed by atoms with Crippen molar-refractivity contribution in [1.82, 2.24) is 10.2 Å². The number of benzene rings is 1. The van der Waals surface area contributed by atoms with Gasteiger partial charge < -0.3 is 15.0 Å². The number of halogens is 1. The van der Waals surface area contributed by atoms with Crippen molar-refractivity contribution >= 4 is 27.9 Å². The third kappa shape index (κ3) is 5.21. The van der Waals surface area contributed by atoms with E-state index in [0.717, 1.165) is 23.7 Å². The topological polar surface area (TPSA) is 58.6 Å². The predicted octanol–water partition coefficient (Wildman–Crippen LogP) is 5.16. The second-order valence-electron chi connectivity index (χ2n) is 9.07. The summed E-state index contributed by atoms with van der Waals surface area (Å²) in [4.78, 5) is 27.8. The van der Waals surface area contributed by atoms with E-state index in [4.69, 9.17) is 4.74 Å².